The molecule has 1 atom stereocenters. The third-order valence-electron chi connectivity index (χ3n) is 7.30. The number of aliphatic hydroxyl groups is 1. The Morgan fingerprint density at radius 1 is 0.838 bits per heavy atom. The molecule has 0 radical (unpaired) electrons. The molecule has 5 rings (SSSR count). The maximum Gasteiger partial charge on any atom is 0.225 e. The van der Waals surface area contributed by atoms with Gasteiger partial charge in [-0.3, -0.25) is 0 Å². The van der Waals surface area contributed by atoms with Crippen LogP contribution in [0.25, 0.3) is 10.9 Å². The molecule has 1 heterocycles. The Morgan fingerprint density at radius 3 is 2.32 bits per heavy atom. The van der Waals surface area contributed by atoms with Crippen molar-refractivity contribution < 1.29 is 5.11 Å². The summed E-state index contributed by atoms with van der Waals surface area (Å²) in [7, 11) is 4.05. The number of para-hydroxylation sites is 1. The number of nitrogens with zero attached hydrogens (tertiary/aromatic N) is 3. The molecule has 0 spiro atoms. The Bertz CT molecular complexity index is 1300. The van der Waals surface area contributed by atoms with Gasteiger partial charge >= 0.3 is 0 Å². The highest BCUT2D eigenvalue weighted by Gasteiger charge is 2.22. The van der Waals surface area contributed by atoms with Gasteiger partial charge in [-0.2, -0.15) is 4.98 Å². The highest BCUT2D eigenvalue weighted by Crippen LogP contribution is 2.27. The lowest BCUT2D eigenvalue weighted by molar-refractivity contribution is 0.220. The minimum atomic E-state index is -0.586. The molecule has 0 saturated heterocycles. The maximum atomic E-state index is 10.7. The van der Waals surface area contributed by atoms with E-state index < -0.39 is 6.10 Å². The van der Waals surface area contributed by atoms with E-state index in [9.17, 15) is 5.11 Å². The number of rotatable bonds is 9. The van der Waals surface area contributed by atoms with Gasteiger partial charge in [-0.05, 0) is 67.5 Å². The molecule has 0 bridgehead atoms. The lowest BCUT2D eigenvalue weighted by Crippen LogP contribution is -2.38. The zero-order valence-electron chi connectivity index (χ0n) is 21.8. The fraction of sp³-hybridized carbons (Fsp3) is 0.355. The van der Waals surface area contributed by atoms with E-state index in [2.05, 4.69) is 28.8 Å². The third kappa shape index (κ3) is 6.27. The first-order valence-electron chi connectivity index (χ1n) is 13.3. The van der Waals surface area contributed by atoms with Gasteiger partial charge in [0, 0.05) is 31.6 Å². The Hall–Kier alpha value is -3.48. The van der Waals surface area contributed by atoms with E-state index >= 15 is 0 Å². The molecule has 1 fully saturated rings. The van der Waals surface area contributed by atoms with Crippen LogP contribution in [-0.2, 0) is 6.42 Å². The van der Waals surface area contributed by atoms with Crippen LogP contribution in [0.1, 0.15) is 48.5 Å². The van der Waals surface area contributed by atoms with Crippen LogP contribution in [0.4, 0.5) is 11.8 Å². The second-order valence-electron chi connectivity index (χ2n) is 10.2. The fourth-order valence-corrected chi connectivity index (χ4v) is 5.26. The normalized spacial score (nSPS) is 18.5. The van der Waals surface area contributed by atoms with Gasteiger partial charge in [0.25, 0.3) is 0 Å². The van der Waals surface area contributed by atoms with Gasteiger partial charge in [0.15, 0.2) is 0 Å². The van der Waals surface area contributed by atoms with Crippen molar-refractivity contribution in [1.29, 1.82) is 0 Å². The minimum Gasteiger partial charge on any atom is -0.384 e. The highest BCUT2D eigenvalue weighted by molar-refractivity contribution is 5.90. The molecule has 3 aromatic carbocycles. The summed E-state index contributed by atoms with van der Waals surface area (Å²) >= 11 is 0. The van der Waals surface area contributed by atoms with Crippen molar-refractivity contribution in [3.05, 3.63) is 95.6 Å². The molecule has 1 aromatic heterocycles. The number of anilines is 2. The number of hydrogen-bond donors (Lipinski definition) is 3. The van der Waals surface area contributed by atoms with Crippen LogP contribution in [0.5, 0.6) is 0 Å². The molecule has 0 amide bonds. The van der Waals surface area contributed by atoms with Crippen LogP contribution in [0.2, 0.25) is 0 Å². The first-order chi connectivity index (χ1) is 18.1. The van der Waals surface area contributed by atoms with Crippen molar-refractivity contribution in [3.8, 4) is 0 Å². The topological polar surface area (TPSA) is 73.3 Å². The summed E-state index contributed by atoms with van der Waals surface area (Å²) in [6, 6.07) is 27.3. The zero-order chi connectivity index (χ0) is 25.6. The molecule has 1 aliphatic carbocycles. The van der Waals surface area contributed by atoms with E-state index in [1.54, 1.807) is 0 Å². The van der Waals surface area contributed by atoms with Crippen LogP contribution >= 0.6 is 0 Å². The van der Waals surface area contributed by atoms with Crippen molar-refractivity contribution in [1.82, 2.24) is 15.3 Å². The SMILES string of the molecule is CN(C)c1nc(NC2CCC(NCCc3cccc(C(O)c4ccccc4)c3)CC2)nc2ccccc12. The van der Waals surface area contributed by atoms with Crippen molar-refractivity contribution in [2.75, 3.05) is 30.9 Å². The molecule has 4 aromatic rings. The summed E-state index contributed by atoms with van der Waals surface area (Å²) in [6.45, 7) is 0.938. The summed E-state index contributed by atoms with van der Waals surface area (Å²) in [5.41, 5.74) is 4.10. The quantitative estimate of drug-likeness (QED) is 0.291. The lowest BCUT2D eigenvalue weighted by Gasteiger charge is -2.30. The maximum absolute atomic E-state index is 10.7. The van der Waals surface area contributed by atoms with Crippen molar-refractivity contribution in [2.24, 2.45) is 0 Å². The smallest absolute Gasteiger partial charge is 0.225 e. The Morgan fingerprint density at radius 2 is 1.54 bits per heavy atom. The number of aromatic nitrogens is 2. The molecule has 6 nitrogen and oxygen atoms in total. The zero-order valence-corrected chi connectivity index (χ0v) is 21.8. The van der Waals surface area contributed by atoms with Crippen LogP contribution in [0, 0.1) is 0 Å². The van der Waals surface area contributed by atoms with Gasteiger partial charge in [0.2, 0.25) is 5.95 Å². The first-order valence-corrected chi connectivity index (χ1v) is 13.3. The lowest BCUT2D eigenvalue weighted by atomic mass is 9.91. The van der Waals surface area contributed by atoms with Gasteiger partial charge < -0.3 is 20.6 Å². The summed E-state index contributed by atoms with van der Waals surface area (Å²) in [5.74, 6) is 1.67. The van der Waals surface area contributed by atoms with Crippen LogP contribution < -0.4 is 15.5 Å². The summed E-state index contributed by atoms with van der Waals surface area (Å²) in [6.07, 6.45) is 4.84. The second kappa shape index (κ2) is 11.7. The van der Waals surface area contributed by atoms with Crippen molar-refractivity contribution >= 4 is 22.7 Å². The molecular formula is C31H37N5O. The number of benzene rings is 3. The Labute approximate surface area is 219 Å². The fourth-order valence-electron chi connectivity index (χ4n) is 5.26. The number of hydrogen-bond acceptors (Lipinski definition) is 6. The molecule has 6 heteroatoms. The Balaban J connectivity index is 1.11. The van der Waals surface area contributed by atoms with E-state index in [0.717, 1.165) is 72.4 Å². The van der Waals surface area contributed by atoms with E-state index in [4.69, 9.17) is 9.97 Å². The molecule has 37 heavy (non-hydrogen) atoms. The second-order valence-corrected chi connectivity index (χ2v) is 10.2. The number of nitrogens with one attached hydrogen (secondary N) is 2. The van der Waals surface area contributed by atoms with E-state index in [1.165, 1.54) is 5.56 Å². The average molecular weight is 496 g/mol. The average Bonchev–Trinajstić information content (AvgIpc) is 2.94. The number of aliphatic hydroxyl groups excluding tert-OH is 1. The van der Waals surface area contributed by atoms with Crippen molar-refractivity contribution in [3.63, 3.8) is 0 Å². The van der Waals surface area contributed by atoms with Gasteiger partial charge in [-0.1, -0.05) is 66.7 Å². The molecular weight excluding hydrogens is 458 g/mol. The third-order valence-corrected chi connectivity index (χ3v) is 7.30. The number of fused-ring (bicyclic) bond motifs is 1. The Kier molecular flexibility index (Phi) is 7.97. The standard InChI is InChI=1S/C31H37N5O/c1-36(2)30-27-13-6-7-14-28(27)34-31(35-30)33-26-17-15-25(16-18-26)32-20-19-22-9-8-12-24(21-22)29(37)23-10-4-3-5-11-23/h3-14,21,25-26,29,32,37H,15-20H2,1-2H3,(H,33,34,35). The van der Waals surface area contributed by atoms with Gasteiger partial charge in [0.1, 0.15) is 11.9 Å². The molecule has 3 N–H and O–H groups in total. The largest absolute Gasteiger partial charge is 0.384 e. The van der Waals surface area contributed by atoms with Crippen LogP contribution in [0.3, 0.4) is 0 Å². The summed E-state index contributed by atoms with van der Waals surface area (Å²) in [4.78, 5) is 11.6. The summed E-state index contributed by atoms with van der Waals surface area (Å²) < 4.78 is 0. The van der Waals surface area contributed by atoms with E-state index in [1.807, 2.05) is 79.7 Å². The molecule has 1 aliphatic rings. The molecule has 192 valence electrons. The minimum absolute atomic E-state index is 0.394. The summed E-state index contributed by atoms with van der Waals surface area (Å²) in [5, 5.41) is 19.2. The van der Waals surface area contributed by atoms with Crippen LogP contribution in [-0.4, -0.2) is 47.8 Å². The predicted octanol–water partition coefficient (Wildman–Crippen LogP) is 5.33. The van der Waals surface area contributed by atoms with E-state index in [0.29, 0.717) is 12.1 Å². The van der Waals surface area contributed by atoms with E-state index in [-0.39, 0.29) is 0 Å². The highest BCUT2D eigenvalue weighted by atomic mass is 16.3. The first kappa shape index (κ1) is 25.2. The molecule has 1 saturated carbocycles. The van der Waals surface area contributed by atoms with Gasteiger partial charge in [0.05, 0.1) is 5.52 Å². The van der Waals surface area contributed by atoms with Crippen LogP contribution in [0.15, 0.2) is 78.9 Å². The monoisotopic (exact) mass is 495 g/mol. The van der Waals surface area contributed by atoms with Gasteiger partial charge in [-0.15, -0.1) is 0 Å². The molecule has 0 aliphatic heterocycles. The van der Waals surface area contributed by atoms with Gasteiger partial charge in [-0.25, -0.2) is 4.98 Å². The van der Waals surface area contributed by atoms with Crippen molar-refractivity contribution in [2.45, 2.75) is 50.3 Å². The molecule has 1 unspecified atom stereocenters. The predicted molar refractivity (Wildman–Crippen MR) is 152 cm³/mol.